The molecule has 0 spiro atoms. The van der Waals surface area contributed by atoms with Gasteiger partial charge in [0.2, 0.25) is 5.95 Å². The second kappa shape index (κ2) is 6.76. The highest BCUT2D eigenvalue weighted by Crippen LogP contribution is 2.35. The van der Waals surface area contributed by atoms with Gasteiger partial charge >= 0.3 is 0 Å². The Kier molecular flexibility index (Phi) is 4.71. The number of hydrogen-bond acceptors (Lipinski definition) is 5. The average molecular weight is 334 g/mol. The summed E-state index contributed by atoms with van der Waals surface area (Å²) < 4.78 is 26.8. The van der Waals surface area contributed by atoms with Gasteiger partial charge in [0.05, 0.1) is 23.5 Å². The summed E-state index contributed by atoms with van der Waals surface area (Å²) in [5.41, 5.74) is 2.31. The van der Waals surface area contributed by atoms with Gasteiger partial charge in [0.15, 0.2) is 11.6 Å². The lowest BCUT2D eigenvalue weighted by Gasteiger charge is -2.25. The third-order valence-corrected chi connectivity index (χ3v) is 4.36. The molecule has 128 valence electrons. The number of nitrogens with zero attached hydrogens (tertiary/aromatic N) is 4. The van der Waals surface area contributed by atoms with Gasteiger partial charge < -0.3 is 10.0 Å². The molecule has 0 unspecified atom stereocenters. The highest BCUT2D eigenvalue weighted by Gasteiger charge is 2.34. The molecule has 1 aromatic heterocycles. The first-order valence-electron chi connectivity index (χ1n) is 8.15. The maximum Gasteiger partial charge on any atom is 0.246 e. The third kappa shape index (κ3) is 3.08. The smallest absolute Gasteiger partial charge is 0.246 e. The summed E-state index contributed by atoms with van der Waals surface area (Å²) in [6.07, 6.45) is 1.31. The number of aliphatic hydroxyl groups is 1. The number of halogens is 2. The van der Waals surface area contributed by atoms with Gasteiger partial charge in [-0.15, -0.1) is 5.10 Å². The van der Waals surface area contributed by atoms with E-state index in [0.29, 0.717) is 24.5 Å². The molecule has 0 saturated carbocycles. The fraction of sp³-hybridized carbons (Fsp3) is 0.471. The highest BCUT2D eigenvalue weighted by molar-refractivity contribution is 5.40. The van der Waals surface area contributed by atoms with Crippen LogP contribution in [0.15, 0.2) is 18.2 Å². The summed E-state index contributed by atoms with van der Waals surface area (Å²) in [6, 6.07) is 3.49. The predicted octanol–water partition coefficient (Wildman–Crippen LogP) is 2.59. The molecule has 0 bridgehead atoms. The molecule has 2 atom stereocenters. The van der Waals surface area contributed by atoms with Crippen molar-refractivity contribution in [2.24, 2.45) is 0 Å². The van der Waals surface area contributed by atoms with Gasteiger partial charge in [-0.3, -0.25) is 0 Å². The van der Waals surface area contributed by atoms with Crippen LogP contribution in [0.2, 0.25) is 0 Å². The molecule has 0 amide bonds. The first-order valence-corrected chi connectivity index (χ1v) is 8.15. The number of aromatic nitrogens is 3. The van der Waals surface area contributed by atoms with E-state index in [1.54, 1.807) is 0 Å². The Morgan fingerprint density at radius 1 is 1.12 bits per heavy atom. The average Bonchev–Trinajstić information content (AvgIpc) is 2.98. The standard InChI is InChI=1S/C17H20F2N4O/c1-3-14-15(4-2)21-22-17(20-14)23-9-11(24)8-16(23)10-5-6-12(18)13(19)7-10/h5-7,11,16,24H,3-4,8-9H2,1-2H3/t11-,16-/m0/s1. The molecule has 1 aliphatic heterocycles. The van der Waals surface area contributed by atoms with Crippen LogP contribution in [-0.2, 0) is 12.8 Å². The lowest BCUT2D eigenvalue weighted by molar-refractivity contribution is 0.194. The summed E-state index contributed by atoms with van der Waals surface area (Å²) in [5.74, 6) is -1.37. The summed E-state index contributed by atoms with van der Waals surface area (Å²) in [6.45, 7) is 4.33. The van der Waals surface area contributed by atoms with Gasteiger partial charge in [-0.25, -0.2) is 13.8 Å². The number of aryl methyl sites for hydroxylation is 2. The zero-order valence-corrected chi connectivity index (χ0v) is 13.7. The zero-order valence-electron chi connectivity index (χ0n) is 13.7. The molecule has 0 aliphatic carbocycles. The van der Waals surface area contributed by atoms with Crippen molar-refractivity contribution in [1.82, 2.24) is 15.2 Å². The summed E-state index contributed by atoms with van der Waals surface area (Å²) >= 11 is 0. The summed E-state index contributed by atoms with van der Waals surface area (Å²) in [5, 5.41) is 18.5. The lowest BCUT2D eigenvalue weighted by atomic mass is 10.0. The number of β-amino-alcohol motifs (C(OH)–C–C–N with tert-alkyl or cyclic N) is 1. The maximum atomic E-state index is 13.6. The van der Waals surface area contributed by atoms with Gasteiger partial charge in [-0.1, -0.05) is 19.9 Å². The van der Waals surface area contributed by atoms with Crippen LogP contribution in [-0.4, -0.2) is 32.9 Å². The fourth-order valence-electron chi connectivity index (χ4n) is 3.12. The van der Waals surface area contributed by atoms with Gasteiger partial charge in [0, 0.05) is 6.54 Å². The van der Waals surface area contributed by atoms with E-state index in [1.807, 2.05) is 18.7 Å². The molecule has 2 aromatic rings. The van der Waals surface area contributed by atoms with Gasteiger partial charge in [0.25, 0.3) is 0 Å². The lowest BCUT2D eigenvalue weighted by Crippen LogP contribution is -2.27. The molecule has 3 rings (SSSR count). The Hall–Kier alpha value is -2.15. The summed E-state index contributed by atoms with van der Waals surface area (Å²) in [4.78, 5) is 6.38. The van der Waals surface area contributed by atoms with E-state index in [4.69, 9.17) is 0 Å². The van der Waals surface area contributed by atoms with E-state index in [0.717, 1.165) is 30.3 Å². The molecule has 1 fully saturated rings. The molecule has 5 nitrogen and oxygen atoms in total. The van der Waals surface area contributed by atoms with Crippen LogP contribution < -0.4 is 4.90 Å². The Morgan fingerprint density at radius 3 is 2.54 bits per heavy atom. The number of hydrogen-bond donors (Lipinski definition) is 1. The Bertz CT molecular complexity index is 741. The topological polar surface area (TPSA) is 62.1 Å². The van der Waals surface area contributed by atoms with E-state index in [2.05, 4.69) is 15.2 Å². The van der Waals surface area contributed by atoms with Crippen molar-refractivity contribution in [3.8, 4) is 0 Å². The van der Waals surface area contributed by atoms with E-state index in [9.17, 15) is 13.9 Å². The van der Waals surface area contributed by atoms with Crippen molar-refractivity contribution in [2.75, 3.05) is 11.4 Å². The zero-order chi connectivity index (χ0) is 17.3. The molecular formula is C17H20F2N4O. The van der Waals surface area contributed by atoms with Crippen LogP contribution in [0.1, 0.15) is 43.3 Å². The second-order valence-electron chi connectivity index (χ2n) is 5.94. The third-order valence-electron chi connectivity index (χ3n) is 4.36. The molecule has 7 heteroatoms. The Labute approximate surface area is 139 Å². The quantitative estimate of drug-likeness (QED) is 0.931. The van der Waals surface area contributed by atoms with Crippen molar-refractivity contribution >= 4 is 5.95 Å². The SMILES string of the molecule is CCc1nnc(N2C[C@@H](O)C[C@H]2c2ccc(F)c(F)c2)nc1CC. The summed E-state index contributed by atoms with van der Waals surface area (Å²) in [7, 11) is 0. The second-order valence-corrected chi connectivity index (χ2v) is 5.94. The van der Waals surface area contributed by atoms with E-state index >= 15 is 0 Å². The normalized spacial score (nSPS) is 20.6. The molecule has 1 saturated heterocycles. The van der Waals surface area contributed by atoms with Gasteiger partial charge in [0.1, 0.15) is 0 Å². The molecule has 2 heterocycles. The van der Waals surface area contributed by atoms with Gasteiger partial charge in [-0.2, -0.15) is 5.10 Å². The molecule has 24 heavy (non-hydrogen) atoms. The van der Waals surface area contributed by atoms with Crippen LogP contribution in [0.25, 0.3) is 0 Å². The minimum Gasteiger partial charge on any atom is -0.391 e. The van der Waals surface area contributed by atoms with Crippen molar-refractivity contribution in [3.05, 3.63) is 46.8 Å². The number of aliphatic hydroxyl groups excluding tert-OH is 1. The first kappa shape index (κ1) is 16.7. The molecule has 0 radical (unpaired) electrons. The van der Waals surface area contributed by atoms with Crippen molar-refractivity contribution in [3.63, 3.8) is 0 Å². The van der Waals surface area contributed by atoms with Crippen LogP contribution >= 0.6 is 0 Å². The van der Waals surface area contributed by atoms with Crippen LogP contribution in [0, 0.1) is 11.6 Å². The minimum absolute atomic E-state index is 0.311. The largest absolute Gasteiger partial charge is 0.391 e. The molecular weight excluding hydrogens is 314 g/mol. The first-order chi connectivity index (χ1) is 11.5. The predicted molar refractivity (Wildman–Crippen MR) is 85.7 cm³/mol. The van der Waals surface area contributed by atoms with Crippen molar-refractivity contribution < 1.29 is 13.9 Å². The maximum absolute atomic E-state index is 13.6. The van der Waals surface area contributed by atoms with Gasteiger partial charge in [-0.05, 0) is 37.0 Å². The van der Waals surface area contributed by atoms with E-state index in [1.165, 1.54) is 12.1 Å². The monoisotopic (exact) mass is 334 g/mol. The molecule has 1 aromatic carbocycles. The van der Waals surface area contributed by atoms with E-state index in [-0.39, 0.29) is 6.04 Å². The number of benzene rings is 1. The number of rotatable bonds is 4. The Balaban J connectivity index is 1.97. The van der Waals surface area contributed by atoms with Crippen molar-refractivity contribution in [1.29, 1.82) is 0 Å². The molecule has 1 aliphatic rings. The fourth-order valence-corrected chi connectivity index (χ4v) is 3.12. The van der Waals surface area contributed by atoms with Crippen LogP contribution in [0.5, 0.6) is 0 Å². The molecule has 1 N–H and O–H groups in total. The van der Waals surface area contributed by atoms with E-state index < -0.39 is 17.7 Å². The van der Waals surface area contributed by atoms with Crippen molar-refractivity contribution in [2.45, 2.75) is 45.3 Å². The Morgan fingerprint density at radius 2 is 1.88 bits per heavy atom. The number of anilines is 1. The minimum atomic E-state index is -0.900. The van der Waals surface area contributed by atoms with Crippen LogP contribution in [0.3, 0.4) is 0 Å². The highest BCUT2D eigenvalue weighted by atomic mass is 19.2. The van der Waals surface area contributed by atoms with Crippen LogP contribution in [0.4, 0.5) is 14.7 Å².